The average Bonchev–Trinajstić information content (AvgIpc) is 1.57. The van der Waals surface area contributed by atoms with E-state index >= 15 is 0 Å². The Morgan fingerprint density at radius 1 is 1.56 bits per heavy atom. The monoisotopic (exact) mass is 151 g/mol. The lowest BCUT2D eigenvalue weighted by Gasteiger charge is -2.37. The Kier molecular flexibility index (Phi) is 3.48. The third-order valence-corrected chi connectivity index (χ3v) is 1.77. The molecule has 1 fully saturated rings. The normalized spacial score (nSPS) is 24.3. The summed E-state index contributed by atoms with van der Waals surface area (Å²) in [5.41, 5.74) is 0. The molecule has 1 N–H and O–H groups in total. The fourth-order valence-electron chi connectivity index (χ4n) is 1.05. The van der Waals surface area contributed by atoms with E-state index in [1.807, 2.05) is 6.92 Å². The molecule has 1 heterocycles. The van der Waals surface area contributed by atoms with E-state index in [2.05, 4.69) is 11.9 Å². The molecule has 0 aromatic carbocycles. The van der Waals surface area contributed by atoms with Gasteiger partial charge in [-0.3, -0.25) is 0 Å². The highest BCUT2D eigenvalue weighted by molar-refractivity contribution is 5.85. The van der Waals surface area contributed by atoms with Gasteiger partial charge in [0.2, 0.25) is 0 Å². The molecule has 0 saturated carbocycles. The van der Waals surface area contributed by atoms with Gasteiger partial charge in [-0.2, -0.15) is 0 Å². The van der Waals surface area contributed by atoms with E-state index in [0.717, 1.165) is 13.1 Å². The maximum atomic E-state index is 8.96. The Morgan fingerprint density at radius 2 is 2.00 bits per heavy atom. The number of aliphatic hydroxyl groups excluding tert-OH is 1. The fourth-order valence-corrected chi connectivity index (χ4v) is 1.05. The second-order valence-corrected chi connectivity index (χ2v) is 2.72. The zero-order valence-electron chi connectivity index (χ0n) is 5.87. The molecule has 0 spiro atoms. The molecule has 0 aliphatic carbocycles. The third kappa shape index (κ3) is 2.12. The molecule has 1 unspecified atom stereocenters. The van der Waals surface area contributed by atoms with Crippen molar-refractivity contribution in [2.24, 2.45) is 5.92 Å². The Labute approximate surface area is 62.3 Å². The van der Waals surface area contributed by atoms with E-state index in [9.17, 15) is 0 Å². The Morgan fingerprint density at radius 3 is 2.11 bits per heavy atom. The first-order chi connectivity index (χ1) is 3.70. The van der Waals surface area contributed by atoms with Crippen LogP contribution >= 0.6 is 12.4 Å². The molecule has 1 atom stereocenters. The zero-order chi connectivity index (χ0) is 6.15. The van der Waals surface area contributed by atoms with Crippen LogP contribution < -0.4 is 0 Å². The lowest BCUT2D eigenvalue weighted by atomic mass is 9.96. The minimum Gasteiger partial charge on any atom is -0.393 e. The third-order valence-electron chi connectivity index (χ3n) is 1.77. The molecule has 0 radical (unpaired) electrons. The maximum Gasteiger partial charge on any atom is 0.0564 e. The van der Waals surface area contributed by atoms with Crippen LogP contribution in [0.25, 0.3) is 0 Å². The Balaban J connectivity index is 0.000000640. The number of rotatable bonds is 1. The van der Waals surface area contributed by atoms with Crippen LogP contribution in [0.4, 0.5) is 0 Å². The van der Waals surface area contributed by atoms with Crippen LogP contribution in [0.5, 0.6) is 0 Å². The van der Waals surface area contributed by atoms with Crippen LogP contribution in [-0.2, 0) is 0 Å². The van der Waals surface area contributed by atoms with Crippen molar-refractivity contribution in [2.75, 3.05) is 20.1 Å². The van der Waals surface area contributed by atoms with Gasteiger partial charge in [0.05, 0.1) is 6.10 Å². The molecule has 1 aliphatic rings. The van der Waals surface area contributed by atoms with Crippen molar-refractivity contribution >= 4 is 12.4 Å². The number of likely N-dealkylation sites (tertiary alicyclic amines) is 1. The Bertz CT molecular complexity index is 81.1. The van der Waals surface area contributed by atoms with Gasteiger partial charge in [-0.25, -0.2) is 0 Å². The number of halogens is 1. The summed E-state index contributed by atoms with van der Waals surface area (Å²) >= 11 is 0. The molecular weight excluding hydrogens is 138 g/mol. The van der Waals surface area contributed by atoms with E-state index < -0.39 is 0 Å². The lowest BCUT2D eigenvalue weighted by molar-refractivity contribution is 0.0210. The van der Waals surface area contributed by atoms with Gasteiger partial charge in [0.1, 0.15) is 0 Å². The summed E-state index contributed by atoms with van der Waals surface area (Å²) in [5.74, 6) is 0.542. The molecule has 0 amide bonds. The Hall–Kier alpha value is 0.210. The molecule has 0 bridgehead atoms. The molecule has 0 aromatic heterocycles. The van der Waals surface area contributed by atoms with Gasteiger partial charge in [0, 0.05) is 19.0 Å². The predicted octanol–water partition coefficient (Wildman–Crippen LogP) is 0.351. The van der Waals surface area contributed by atoms with Crippen molar-refractivity contribution in [1.29, 1.82) is 0 Å². The van der Waals surface area contributed by atoms with Gasteiger partial charge in [0.25, 0.3) is 0 Å². The predicted molar refractivity (Wildman–Crippen MR) is 39.9 cm³/mol. The van der Waals surface area contributed by atoms with Gasteiger partial charge in [-0.1, -0.05) is 0 Å². The molecule has 1 saturated heterocycles. The summed E-state index contributed by atoms with van der Waals surface area (Å²) in [6, 6.07) is 0. The van der Waals surface area contributed by atoms with Crippen molar-refractivity contribution in [3.8, 4) is 0 Å². The number of nitrogens with zero attached hydrogens (tertiary/aromatic N) is 1. The molecule has 3 heteroatoms. The van der Waals surface area contributed by atoms with Gasteiger partial charge < -0.3 is 10.0 Å². The molecular formula is C6H14ClNO. The average molecular weight is 152 g/mol. The van der Waals surface area contributed by atoms with Crippen LogP contribution in [0.3, 0.4) is 0 Å². The minimum atomic E-state index is -0.105. The largest absolute Gasteiger partial charge is 0.393 e. The number of hydrogen-bond donors (Lipinski definition) is 1. The number of hydrogen-bond acceptors (Lipinski definition) is 2. The first kappa shape index (κ1) is 9.21. The van der Waals surface area contributed by atoms with Crippen molar-refractivity contribution in [3.05, 3.63) is 0 Å². The highest BCUT2D eigenvalue weighted by Gasteiger charge is 2.26. The summed E-state index contributed by atoms with van der Waals surface area (Å²) in [5, 5.41) is 8.96. The smallest absolute Gasteiger partial charge is 0.0564 e. The molecule has 1 rings (SSSR count). The molecule has 1 aliphatic heterocycles. The number of aliphatic hydroxyl groups is 1. The molecule has 2 nitrogen and oxygen atoms in total. The molecule has 0 aromatic rings. The lowest BCUT2D eigenvalue weighted by Crippen LogP contribution is -2.48. The highest BCUT2D eigenvalue weighted by Crippen LogP contribution is 2.15. The molecule has 9 heavy (non-hydrogen) atoms. The summed E-state index contributed by atoms with van der Waals surface area (Å²) in [7, 11) is 2.07. The van der Waals surface area contributed by atoms with Crippen molar-refractivity contribution in [1.82, 2.24) is 4.90 Å². The van der Waals surface area contributed by atoms with Crippen LogP contribution in [0.1, 0.15) is 6.92 Å². The van der Waals surface area contributed by atoms with E-state index in [4.69, 9.17) is 5.11 Å². The van der Waals surface area contributed by atoms with Crippen molar-refractivity contribution in [3.63, 3.8) is 0 Å². The quantitative estimate of drug-likeness (QED) is 0.585. The first-order valence-electron chi connectivity index (χ1n) is 3.07. The van der Waals surface area contributed by atoms with Gasteiger partial charge in [-0.05, 0) is 14.0 Å². The minimum absolute atomic E-state index is 0. The van der Waals surface area contributed by atoms with Crippen molar-refractivity contribution in [2.45, 2.75) is 13.0 Å². The van der Waals surface area contributed by atoms with Crippen LogP contribution in [0, 0.1) is 5.92 Å². The zero-order valence-corrected chi connectivity index (χ0v) is 6.69. The van der Waals surface area contributed by atoms with E-state index in [-0.39, 0.29) is 18.5 Å². The summed E-state index contributed by atoms with van der Waals surface area (Å²) in [6.45, 7) is 3.99. The summed E-state index contributed by atoms with van der Waals surface area (Å²) in [4.78, 5) is 2.21. The second-order valence-electron chi connectivity index (χ2n) is 2.72. The summed E-state index contributed by atoms with van der Waals surface area (Å²) in [6.07, 6.45) is -0.105. The second kappa shape index (κ2) is 3.40. The van der Waals surface area contributed by atoms with E-state index in [0.29, 0.717) is 5.92 Å². The fraction of sp³-hybridized carbons (Fsp3) is 1.00. The topological polar surface area (TPSA) is 23.5 Å². The van der Waals surface area contributed by atoms with Gasteiger partial charge in [-0.15, -0.1) is 12.4 Å². The van der Waals surface area contributed by atoms with Crippen LogP contribution in [0.2, 0.25) is 0 Å². The highest BCUT2D eigenvalue weighted by atomic mass is 35.5. The van der Waals surface area contributed by atoms with E-state index in [1.165, 1.54) is 0 Å². The van der Waals surface area contributed by atoms with Crippen molar-refractivity contribution < 1.29 is 5.11 Å². The van der Waals surface area contributed by atoms with E-state index in [1.54, 1.807) is 0 Å². The van der Waals surface area contributed by atoms with Crippen LogP contribution in [-0.4, -0.2) is 36.2 Å². The molecule has 56 valence electrons. The van der Waals surface area contributed by atoms with Crippen LogP contribution in [0.15, 0.2) is 0 Å². The standard InChI is InChI=1S/C6H13NO.ClH/c1-5(8)6-3-7(2)4-6;/h5-6,8H,3-4H2,1-2H3;1H. The first-order valence-corrected chi connectivity index (χ1v) is 3.07. The summed E-state index contributed by atoms with van der Waals surface area (Å²) < 4.78 is 0. The van der Waals surface area contributed by atoms with Gasteiger partial charge >= 0.3 is 0 Å². The maximum absolute atomic E-state index is 8.96. The van der Waals surface area contributed by atoms with Gasteiger partial charge in [0.15, 0.2) is 0 Å². The SMILES string of the molecule is CC(O)C1CN(C)C1.Cl.